The quantitative estimate of drug-likeness (QED) is 0.794. The SMILES string of the molecule is Cc1cc(OCC2(O)COCCN(C3CCC(c4ccccc4)CC3)C2)ccc1F. The molecule has 1 atom stereocenters. The van der Waals surface area contributed by atoms with Gasteiger partial charge in [0.25, 0.3) is 0 Å². The summed E-state index contributed by atoms with van der Waals surface area (Å²) < 4.78 is 25.0. The number of hydrogen-bond acceptors (Lipinski definition) is 4. The Labute approximate surface area is 178 Å². The number of aliphatic hydroxyl groups is 1. The third kappa shape index (κ3) is 5.20. The van der Waals surface area contributed by atoms with E-state index in [1.165, 1.54) is 24.5 Å². The summed E-state index contributed by atoms with van der Waals surface area (Å²) in [6.07, 6.45) is 4.62. The van der Waals surface area contributed by atoms with Gasteiger partial charge in [-0.3, -0.25) is 4.90 Å². The first-order chi connectivity index (χ1) is 14.5. The lowest BCUT2D eigenvalue weighted by atomic mass is 9.81. The molecule has 1 heterocycles. The van der Waals surface area contributed by atoms with Crippen molar-refractivity contribution in [1.82, 2.24) is 4.90 Å². The highest BCUT2D eigenvalue weighted by atomic mass is 19.1. The molecule has 0 amide bonds. The molecule has 1 saturated carbocycles. The van der Waals surface area contributed by atoms with Gasteiger partial charge >= 0.3 is 0 Å². The van der Waals surface area contributed by atoms with Crippen LogP contribution in [-0.2, 0) is 4.74 Å². The van der Waals surface area contributed by atoms with Crippen LogP contribution in [0.2, 0.25) is 0 Å². The second-order valence-corrected chi connectivity index (χ2v) is 8.86. The van der Waals surface area contributed by atoms with E-state index in [1.807, 2.05) is 0 Å². The van der Waals surface area contributed by atoms with Gasteiger partial charge in [-0.05, 0) is 67.9 Å². The molecule has 2 fully saturated rings. The van der Waals surface area contributed by atoms with Crippen molar-refractivity contribution in [1.29, 1.82) is 0 Å². The van der Waals surface area contributed by atoms with Crippen molar-refractivity contribution in [2.24, 2.45) is 0 Å². The van der Waals surface area contributed by atoms with Crippen molar-refractivity contribution in [3.05, 3.63) is 65.5 Å². The number of hydrogen-bond donors (Lipinski definition) is 1. The van der Waals surface area contributed by atoms with Crippen LogP contribution in [0.25, 0.3) is 0 Å². The van der Waals surface area contributed by atoms with Crippen LogP contribution in [0.3, 0.4) is 0 Å². The molecule has 1 unspecified atom stereocenters. The lowest BCUT2D eigenvalue weighted by Gasteiger charge is -2.39. The van der Waals surface area contributed by atoms with Crippen molar-refractivity contribution in [2.45, 2.75) is 50.2 Å². The van der Waals surface area contributed by atoms with Gasteiger partial charge in [0.1, 0.15) is 23.8 Å². The molecule has 2 aromatic rings. The maximum Gasteiger partial charge on any atom is 0.134 e. The molecule has 4 nitrogen and oxygen atoms in total. The Morgan fingerprint density at radius 2 is 1.90 bits per heavy atom. The third-order valence-electron chi connectivity index (χ3n) is 6.51. The number of aryl methyl sites for hydroxylation is 1. The van der Waals surface area contributed by atoms with Crippen molar-refractivity contribution >= 4 is 0 Å². The number of ether oxygens (including phenoxy) is 2. The summed E-state index contributed by atoms with van der Waals surface area (Å²) in [5, 5.41) is 11.2. The number of nitrogens with zero attached hydrogens (tertiary/aromatic N) is 1. The van der Waals surface area contributed by atoms with Crippen molar-refractivity contribution < 1.29 is 19.0 Å². The standard InChI is InChI=1S/C25H32FNO3/c1-19-15-23(11-12-24(19)26)30-18-25(28)16-27(13-14-29-17-25)22-9-7-21(8-10-22)20-5-3-2-4-6-20/h2-6,11-12,15,21-22,28H,7-10,13-14,16-18H2,1H3. The molecular weight excluding hydrogens is 381 g/mol. The first-order valence-corrected chi connectivity index (χ1v) is 11.0. The van der Waals surface area contributed by atoms with Crippen LogP contribution in [0.15, 0.2) is 48.5 Å². The molecule has 0 aromatic heterocycles. The van der Waals surface area contributed by atoms with Gasteiger partial charge in [0, 0.05) is 19.1 Å². The van der Waals surface area contributed by atoms with Gasteiger partial charge in [0.2, 0.25) is 0 Å². The summed E-state index contributed by atoms with van der Waals surface area (Å²) in [6.45, 7) is 4.08. The molecule has 0 spiro atoms. The van der Waals surface area contributed by atoms with Crippen molar-refractivity contribution in [2.75, 3.05) is 32.9 Å². The number of benzene rings is 2. The molecule has 1 aliphatic heterocycles. The fourth-order valence-electron chi connectivity index (χ4n) is 4.77. The van der Waals surface area contributed by atoms with Gasteiger partial charge in [0.15, 0.2) is 0 Å². The minimum absolute atomic E-state index is 0.133. The minimum Gasteiger partial charge on any atom is -0.490 e. The van der Waals surface area contributed by atoms with Crippen LogP contribution in [0, 0.1) is 12.7 Å². The molecule has 4 rings (SSSR count). The highest BCUT2D eigenvalue weighted by molar-refractivity contribution is 5.29. The van der Waals surface area contributed by atoms with Crippen LogP contribution < -0.4 is 4.74 Å². The fraction of sp³-hybridized carbons (Fsp3) is 0.520. The average Bonchev–Trinajstić information content (AvgIpc) is 2.97. The summed E-state index contributed by atoms with van der Waals surface area (Å²) in [4.78, 5) is 2.38. The largest absolute Gasteiger partial charge is 0.490 e. The first-order valence-electron chi connectivity index (χ1n) is 11.0. The zero-order valence-electron chi connectivity index (χ0n) is 17.7. The van der Waals surface area contributed by atoms with E-state index in [9.17, 15) is 9.50 Å². The van der Waals surface area contributed by atoms with Gasteiger partial charge in [-0.2, -0.15) is 0 Å². The minimum atomic E-state index is -1.07. The molecule has 2 aromatic carbocycles. The smallest absolute Gasteiger partial charge is 0.134 e. The third-order valence-corrected chi connectivity index (χ3v) is 6.51. The summed E-state index contributed by atoms with van der Waals surface area (Å²) in [5.41, 5.74) is 0.901. The van der Waals surface area contributed by atoms with Gasteiger partial charge in [-0.1, -0.05) is 30.3 Å². The molecule has 0 radical (unpaired) electrons. The van der Waals surface area contributed by atoms with Crippen LogP contribution in [0.4, 0.5) is 4.39 Å². The lowest BCUT2D eigenvalue weighted by molar-refractivity contribution is -0.0683. The molecule has 162 valence electrons. The average molecular weight is 414 g/mol. The first kappa shape index (κ1) is 21.3. The van der Waals surface area contributed by atoms with E-state index in [4.69, 9.17) is 9.47 Å². The second-order valence-electron chi connectivity index (χ2n) is 8.86. The van der Waals surface area contributed by atoms with E-state index >= 15 is 0 Å². The predicted molar refractivity (Wildman–Crippen MR) is 115 cm³/mol. The zero-order chi connectivity index (χ0) is 21.0. The molecule has 1 aliphatic carbocycles. The highest BCUT2D eigenvalue weighted by Gasteiger charge is 2.37. The van der Waals surface area contributed by atoms with Crippen molar-refractivity contribution in [3.63, 3.8) is 0 Å². The van der Waals surface area contributed by atoms with Crippen LogP contribution in [0.1, 0.15) is 42.7 Å². The summed E-state index contributed by atoms with van der Waals surface area (Å²) >= 11 is 0. The molecular formula is C25H32FNO3. The monoisotopic (exact) mass is 413 g/mol. The number of halogens is 1. The van der Waals surface area contributed by atoms with Crippen LogP contribution in [0.5, 0.6) is 5.75 Å². The van der Waals surface area contributed by atoms with Gasteiger partial charge < -0.3 is 14.6 Å². The van der Waals surface area contributed by atoms with E-state index in [-0.39, 0.29) is 19.0 Å². The molecule has 5 heteroatoms. The summed E-state index contributed by atoms with van der Waals surface area (Å²) in [6, 6.07) is 15.9. The van der Waals surface area contributed by atoms with E-state index in [0.29, 0.717) is 36.4 Å². The zero-order valence-corrected chi connectivity index (χ0v) is 17.7. The molecule has 30 heavy (non-hydrogen) atoms. The number of β-amino-alcohol motifs (C(OH)–C–C–N with tert-alkyl or cyclic N) is 1. The Balaban J connectivity index is 1.34. The molecule has 2 aliphatic rings. The van der Waals surface area contributed by atoms with Gasteiger partial charge in [-0.15, -0.1) is 0 Å². The Morgan fingerprint density at radius 3 is 2.63 bits per heavy atom. The Hall–Kier alpha value is -1.95. The lowest BCUT2D eigenvalue weighted by Crippen LogP contribution is -2.52. The Bertz CT molecular complexity index is 822. The topological polar surface area (TPSA) is 41.9 Å². The normalized spacial score (nSPS) is 28.1. The molecule has 0 bridgehead atoms. The van der Waals surface area contributed by atoms with Crippen molar-refractivity contribution in [3.8, 4) is 5.75 Å². The Morgan fingerprint density at radius 1 is 1.13 bits per heavy atom. The maximum atomic E-state index is 13.5. The van der Waals surface area contributed by atoms with E-state index in [0.717, 1.165) is 19.4 Å². The maximum absolute atomic E-state index is 13.5. The highest BCUT2D eigenvalue weighted by Crippen LogP contribution is 2.35. The second kappa shape index (κ2) is 9.46. The van der Waals surface area contributed by atoms with Gasteiger partial charge in [-0.25, -0.2) is 4.39 Å². The number of rotatable bonds is 5. The van der Waals surface area contributed by atoms with Crippen LogP contribution >= 0.6 is 0 Å². The predicted octanol–water partition coefficient (Wildman–Crippen LogP) is 4.30. The van der Waals surface area contributed by atoms with Gasteiger partial charge in [0.05, 0.1) is 13.2 Å². The van der Waals surface area contributed by atoms with E-state index < -0.39 is 5.60 Å². The summed E-state index contributed by atoms with van der Waals surface area (Å²) in [5.74, 6) is 0.951. The van der Waals surface area contributed by atoms with E-state index in [2.05, 4.69) is 35.2 Å². The Kier molecular flexibility index (Phi) is 6.71. The summed E-state index contributed by atoms with van der Waals surface area (Å²) in [7, 11) is 0. The molecule has 1 N–H and O–H groups in total. The fourth-order valence-corrected chi connectivity index (χ4v) is 4.77. The van der Waals surface area contributed by atoms with E-state index in [1.54, 1.807) is 19.1 Å². The van der Waals surface area contributed by atoms with Crippen LogP contribution in [-0.4, -0.2) is 54.6 Å². The molecule has 1 saturated heterocycles.